The zero-order chi connectivity index (χ0) is 18.1. The van der Waals surface area contributed by atoms with E-state index < -0.39 is 0 Å². The quantitative estimate of drug-likeness (QED) is 0.779. The van der Waals surface area contributed by atoms with Crippen molar-refractivity contribution in [3.8, 4) is 11.3 Å². The first-order chi connectivity index (χ1) is 12.6. The highest BCUT2D eigenvalue weighted by atomic mass is 16.1. The van der Waals surface area contributed by atoms with Crippen LogP contribution in [0.2, 0.25) is 0 Å². The number of carbonyl (C=O) groups excluding carboxylic acids is 1. The zero-order valence-electron chi connectivity index (χ0n) is 15.2. The first kappa shape index (κ1) is 16.7. The Hall–Kier alpha value is -2.76. The van der Waals surface area contributed by atoms with Gasteiger partial charge in [0.2, 0.25) is 5.91 Å². The molecule has 1 aliphatic carbocycles. The molecule has 0 aromatic carbocycles. The predicted octanol–water partition coefficient (Wildman–Crippen LogP) is 3.86. The molecule has 0 spiro atoms. The number of nitrogens with zero attached hydrogens (tertiary/aromatic N) is 4. The number of pyridine rings is 2. The van der Waals surface area contributed by atoms with Gasteiger partial charge in [-0.3, -0.25) is 9.78 Å². The van der Waals surface area contributed by atoms with Gasteiger partial charge in [-0.1, -0.05) is 19.3 Å². The fourth-order valence-corrected chi connectivity index (χ4v) is 3.60. The average Bonchev–Trinajstić information content (AvgIpc) is 3.00. The van der Waals surface area contributed by atoms with Gasteiger partial charge in [0.15, 0.2) is 0 Å². The van der Waals surface area contributed by atoms with Crippen LogP contribution in [0.3, 0.4) is 0 Å². The average molecular weight is 349 g/mol. The number of imidazole rings is 1. The van der Waals surface area contributed by atoms with Gasteiger partial charge in [-0.25, -0.2) is 9.97 Å². The Labute approximate surface area is 152 Å². The Morgan fingerprint density at radius 1 is 1.08 bits per heavy atom. The van der Waals surface area contributed by atoms with Gasteiger partial charge < -0.3 is 9.88 Å². The first-order valence-electron chi connectivity index (χ1n) is 9.17. The second kappa shape index (κ2) is 6.86. The molecule has 1 N–H and O–H groups in total. The fourth-order valence-electron chi connectivity index (χ4n) is 3.60. The molecule has 0 bridgehead atoms. The molecule has 26 heavy (non-hydrogen) atoms. The molecule has 0 saturated heterocycles. The van der Waals surface area contributed by atoms with Crippen LogP contribution >= 0.6 is 0 Å². The molecule has 6 nitrogen and oxygen atoms in total. The molecule has 1 aliphatic rings. The minimum atomic E-state index is 0.0860. The highest BCUT2D eigenvalue weighted by Gasteiger charge is 2.21. The van der Waals surface area contributed by atoms with E-state index in [1.807, 2.05) is 37.0 Å². The van der Waals surface area contributed by atoms with Crippen molar-refractivity contribution in [3.63, 3.8) is 0 Å². The maximum atomic E-state index is 12.5. The summed E-state index contributed by atoms with van der Waals surface area (Å²) < 4.78 is 2.04. The van der Waals surface area contributed by atoms with Crippen molar-refractivity contribution in [1.82, 2.24) is 19.5 Å². The van der Waals surface area contributed by atoms with Crippen molar-refractivity contribution >= 4 is 22.6 Å². The Balaban J connectivity index is 1.61. The van der Waals surface area contributed by atoms with Crippen molar-refractivity contribution in [1.29, 1.82) is 0 Å². The molecule has 0 unspecified atom stereocenters. The van der Waals surface area contributed by atoms with E-state index >= 15 is 0 Å². The van der Waals surface area contributed by atoms with Gasteiger partial charge in [-0.05, 0) is 31.9 Å². The largest absolute Gasteiger partial charge is 0.331 e. The Morgan fingerprint density at radius 3 is 2.62 bits per heavy atom. The number of nitrogens with one attached hydrogen (secondary N) is 1. The van der Waals surface area contributed by atoms with Crippen molar-refractivity contribution in [3.05, 3.63) is 36.5 Å². The summed E-state index contributed by atoms with van der Waals surface area (Å²) in [5.41, 5.74) is 2.82. The number of hydrogen-bond acceptors (Lipinski definition) is 4. The lowest BCUT2D eigenvalue weighted by molar-refractivity contribution is -0.120. The topological polar surface area (TPSA) is 72.7 Å². The highest BCUT2D eigenvalue weighted by molar-refractivity contribution is 5.94. The van der Waals surface area contributed by atoms with Crippen molar-refractivity contribution in [2.24, 2.45) is 13.0 Å². The van der Waals surface area contributed by atoms with Gasteiger partial charge in [0.05, 0.1) is 23.6 Å². The zero-order valence-corrected chi connectivity index (χ0v) is 15.2. The smallest absolute Gasteiger partial charge is 0.228 e. The van der Waals surface area contributed by atoms with Crippen LogP contribution in [0.15, 0.2) is 30.7 Å². The van der Waals surface area contributed by atoms with Crippen LogP contribution in [0.5, 0.6) is 0 Å². The SMILES string of the molecule is Cc1ncc(-c2cnc3cnc(NC(=O)C4CCCCC4)cc3c2)n1C. The lowest BCUT2D eigenvalue weighted by atomic mass is 9.89. The number of rotatable bonds is 3. The predicted molar refractivity (Wildman–Crippen MR) is 102 cm³/mol. The lowest BCUT2D eigenvalue weighted by Crippen LogP contribution is -2.25. The minimum absolute atomic E-state index is 0.0860. The molecule has 1 saturated carbocycles. The Bertz CT molecular complexity index is 956. The number of aromatic nitrogens is 4. The lowest BCUT2D eigenvalue weighted by Gasteiger charge is -2.20. The van der Waals surface area contributed by atoms with E-state index in [1.54, 1.807) is 6.20 Å². The summed E-state index contributed by atoms with van der Waals surface area (Å²) in [7, 11) is 1.99. The van der Waals surface area contributed by atoms with Crippen LogP contribution in [-0.4, -0.2) is 25.4 Å². The summed E-state index contributed by atoms with van der Waals surface area (Å²) in [6, 6.07) is 3.96. The molecule has 3 heterocycles. The number of aryl methyl sites for hydroxylation is 1. The molecule has 4 rings (SSSR count). The van der Waals surface area contributed by atoms with Crippen LogP contribution in [0.1, 0.15) is 37.9 Å². The van der Waals surface area contributed by atoms with E-state index in [-0.39, 0.29) is 11.8 Å². The first-order valence-corrected chi connectivity index (χ1v) is 9.17. The molecule has 134 valence electrons. The molecule has 3 aromatic rings. The molecule has 0 atom stereocenters. The third-order valence-corrected chi connectivity index (χ3v) is 5.31. The Kier molecular flexibility index (Phi) is 4.41. The summed E-state index contributed by atoms with van der Waals surface area (Å²) in [6.45, 7) is 1.97. The minimum Gasteiger partial charge on any atom is -0.331 e. The molecule has 1 amide bonds. The summed E-state index contributed by atoms with van der Waals surface area (Å²) in [5, 5.41) is 3.94. The summed E-state index contributed by atoms with van der Waals surface area (Å²) in [6.07, 6.45) is 10.9. The molecule has 0 radical (unpaired) electrons. The van der Waals surface area contributed by atoms with E-state index in [1.165, 1.54) is 6.42 Å². The van der Waals surface area contributed by atoms with E-state index in [9.17, 15) is 4.79 Å². The van der Waals surface area contributed by atoms with E-state index in [0.29, 0.717) is 5.82 Å². The summed E-state index contributed by atoms with van der Waals surface area (Å²) in [4.78, 5) is 25.7. The molecule has 1 fully saturated rings. The maximum absolute atomic E-state index is 12.5. The van der Waals surface area contributed by atoms with Crippen molar-refractivity contribution in [2.75, 3.05) is 5.32 Å². The summed E-state index contributed by atoms with van der Waals surface area (Å²) >= 11 is 0. The number of amides is 1. The maximum Gasteiger partial charge on any atom is 0.228 e. The van der Waals surface area contributed by atoms with Crippen LogP contribution in [0.25, 0.3) is 22.2 Å². The second-order valence-electron chi connectivity index (χ2n) is 7.06. The third-order valence-electron chi connectivity index (χ3n) is 5.31. The molecule has 6 heteroatoms. The fraction of sp³-hybridized carbons (Fsp3) is 0.400. The number of fused-ring (bicyclic) bond motifs is 1. The second-order valence-corrected chi connectivity index (χ2v) is 7.06. The van der Waals surface area contributed by atoms with Gasteiger partial charge in [0, 0.05) is 30.1 Å². The third kappa shape index (κ3) is 3.19. The highest BCUT2D eigenvalue weighted by Crippen LogP contribution is 2.26. The summed E-state index contributed by atoms with van der Waals surface area (Å²) in [5.74, 6) is 1.74. The monoisotopic (exact) mass is 349 g/mol. The van der Waals surface area contributed by atoms with Gasteiger partial charge in [0.1, 0.15) is 11.6 Å². The van der Waals surface area contributed by atoms with Gasteiger partial charge in [-0.2, -0.15) is 0 Å². The number of anilines is 1. The van der Waals surface area contributed by atoms with Crippen molar-refractivity contribution in [2.45, 2.75) is 39.0 Å². The van der Waals surface area contributed by atoms with E-state index in [0.717, 1.165) is 53.7 Å². The normalized spacial score (nSPS) is 15.3. The van der Waals surface area contributed by atoms with Crippen LogP contribution in [-0.2, 0) is 11.8 Å². The van der Waals surface area contributed by atoms with Gasteiger partial charge in [0.25, 0.3) is 0 Å². The van der Waals surface area contributed by atoms with E-state index in [4.69, 9.17) is 0 Å². The van der Waals surface area contributed by atoms with E-state index in [2.05, 4.69) is 26.3 Å². The molecular formula is C20H23N5O. The van der Waals surface area contributed by atoms with Crippen molar-refractivity contribution < 1.29 is 4.79 Å². The van der Waals surface area contributed by atoms with Crippen LogP contribution in [0, 0.1) is 12.8 Å². The number of carbonyl (C=O) groups is 1. The standard InChI is InChI=1S/C20H23N5O/c1-13-21-12-18(25(13)2)16-8-15-9-19(23-11-17(15)22-10-16)24-20(26)14-6-4-3-5-7-14/h8-12,14H,3-7H2,1-2H3,(H,23,24,26). The Morgan fingerprint density at radius 2 is 1.88 bits per heavy atom. The molecular weight excluding hydrogens is 326 g/mol. The number of hydrogen-bond donors (Lipinski definition) is 1. The van der Waals surface area contributed by atoms with Crippen LogP contribution in [0.4, 0.5) is 5.82 Å². The van der Waals surface area contributed by atoms with Gasteiger partial charge >= 0.3 is 0 Å². The molecule has 0 aliphatic heterocycles. The van der Waals surface area contributed by atoms with Crippen LogP contribution < -0.4 is 5.32 Å². The van der Waals surface area contributed by atoms with Gasteiger partial charge in [-0.15, -0.1) is 0 Å². The molecule has 3 aromatic heterocycles.